The molecular formula is C15H13IN2O2S. The molecule has 108 valence electrons. The van der Waals surface area contributed by atoms with E-state index in [1.807, 2.05) is 0 Å². The fourth-order valence-electron chi connectivity index (χ4n) is 1.83. The maximum Gasteiger partial charge on any atom is 0.261 e. The molecule has 21 heavy (non-hydrogen) atoms. The molecule has 0 fully saturated rings. The molecule has 2 aromatic carbocycles. The van der Waals surface area contributed by atoms with Gasteiger partial charge in [-0.3, -0.25) is 4.79 Å². The molecule has 0 atom stereocenters. The number of benzene rings is 2. The van der Waals surface area contributed by atoms with Gasteiger partial charge in [0.15, 0.2) is 0 Å². The lowest BCUT2D eigenvalue weighted by molar-refractivity contribution is 0.0990. The van der Waals surface area contributed by atoms with Crippen molar-refractivity contribution in [2.75, 3.05) is 11.9 Å². The first-order valence-corrected chi connectivity index (χ1v) is 7.55. The van der Waals surface area contributed by atoms with Crippen molar-refractivity contribution in [2.45, 2.75) is 0 Å². The third kappa shape index (κ3) is 3.51. The summed E-state index contributed by atoms with van der Waals surface area (Å²) in [7, 11) is 1.65. The first-order valence-electron chi connectivity index (χ1n) is 6.06. The molecule has 0 unspecified atom stereocenters. The Labute approximate surface area is 141 Å². The topological polar surface area (TPSA) is 66.6 Å². The van der Waals surface area contributed by atoms with Crippen LogP contribution in [0.15, 0.2) is 42.5 Å². The summed E-state index contributed by atoms with van der Waals surface area (Å²) in [5.41, 5.74) is 7.25. The molecule has 4 nitrogen and oxygen atoms in total. The number of carbonyl (C=O) groups excluding carboxylic acids is 1. The fourth-order valence-corrected chi connectivity index (χ4v) is 2.45. The largest absolute Gasteiger partial charge is 0.507 e. The lowest BCUT2D eigenvalue weighted by Gasteiger charge is -2.18. The van der Waals surface area contributed by atoms with Crippen LogP contribution < -0.4 is 10.6 Å². The molecule has 2 aromatic rings. The van der Waals surface area contributed by atoms with Crippen molar-refractivity contribution in [3.05, 3.63) is 57.2 Å². The van der Waals surface area contributed by atoms with Crippen LogP contribution in [0, 0.1) is 3.57 Å². The molecule has 0 aliphatic heterocycles. The number of halogens is 1. The number of phenolic OH excluding ortho intramolecular Hbond substituents is 1. The second-order valence-electron chi connectivity index (χ2n) is 4.44. The Bertz CT molecular complexity index is 701. The monoisotopic (exact) mass is 412 g/mol. The first kappa shape index (κ1) is 15.7. The van der Waals surface area contributed by atoms with Crippen LogP contribution >= 0.6 is 34.8 Å². The van der Waals surface area contributed by atoms with Crippen LogP contribution in [0.2, 0.25) is 0 Å². The third-order valence-electron chi connectivity index (χ3n) is 3.03. The molecule has 0 saturated carbocycles. The minimum Gasteiger partial charge on any atom is -0.507 e. The molecule has 0 bridgehead atoms. The SMILES string of the molecule is CN(C(=O)c1cc(I)ccc1O)c1ccc(C(N)=S)cc1. The summed E-state index contributed by atoms with van der Waals surface area (Å²) in [4.78, 5) is 14.2. The van der Waals surface area contributed by atoms with E-state index in [1.165, 1.54) is 11.0 Å². The van der Waals surface area contributed by atoms with Gasteiger partial charge >= 0.3 is 0 Å². The van der Waals surface area contributed by atoms with Gasteiger partial charge in [-0.25, -0.2) is 0 Å². The number of nitrogens with two attached hydrogens (primary N) is 1. The zero-order valence-corrected chi connectivity index (χ0v) is 14.2. The highest BCUT2D eigenvalue weighted by molar-refractivity contribution is 14.1. The first-order chi connectivity index (χ1) is 9.90. The van der Waals surface area contributed by atoms with Crippen LogP contribution in [0.4, 0.5) is 5.69 Å². The minimum atomic E-state index is -0.283. The van der Waals surface area contributed by atoms with E-state index in [0.29, 0.717) is 10.7 Å². The van der Waals surface area contributed by atoms with Crippen molar-refractivity contribution < 1.29 is 9.90 Å². The van der Waals surface area contributed by atoms with Crippen molar-refractivity contribution >= 4 is 51.4 Å². The summed E-state index contributed by atoms with van der Waals surface area (Å²) in [6, 6.07) is 11.9. The Balaban J connectivity index is 2.30. The molecule has 0 aliphatic rings. The van der Waals surface area contributed by atoms with Gasteiger partial charge in [-0.2, -0.15) is 0 Å². The average molecular weight is 412 g/mol. The summed E-state index contributed by atoms with van der Waals surface area (Å²) in [6.45, 7) is 0. The lowest BCUT2D eigenvalue weighted by atomic mass is 10.1. The van der Waals surface area contributed by atoms with E-state index in [9.17, 15) is 9.90 Å². The van der Waals surface area contributed by atoms with Gasteiger partial charge in [0.1, 0.15) is 10.7 Å². The van der Waals surface area contributed by atoms with E-state index < -0.39 is 0 Å². The Morgan fingerprint density at radius 1 is 1.24 bits per heavy atom. The van der Waals surface area contributed by atoms with Gasteiger partial charge in [-0.15, -0.1) is 0 Å². The summed E-state index contributed by atoms with van der Waals surface area (Å²) < 4.78 is 0.881. The summed E-state index contributed by atoms with van der Waals surface area (Å²) in [5.74, 6) is -0.318. The number of hydrogen-bond acceptors (Lipinski definition) is 3. The van der Waals surface area contributed by atoms with Crippen molar-refractivity contribution in [1.82, 2.24) is 0 Å². The number of hydrogen-bond donors (Lipinski definition) is 2. The van der Waals surface area contributed by atoms with E-state index >= 15 is 0 Å². The van der Waals surface area contributed by atoms with Crippen molar-refractivity contribution in [2.24, 2.45) is 5.73 Å². The third-order valence-corrected chi connectivity index (χ3v) is 3.94. The fraction of sp³-hybridized carbons (Fsp3) is 0.0667. The standard InChI is InChI=1S/C15H13IN2O2S/c1-18(11-5-2-9(3-6-11)14(17)21)15(20)12-8-10(16)4-7-13(12)19/h2-8,19H,1H3,(H2,17,21). The van der Waals surface area contributed by atoms with Gasteiger partial charge in [0.25, 0.3) is 5.91 Å². The number of phenols is 1. The number of nitrogens with zero attached hydrogens (tertiary/aromatic N) is 1. The van der Waals surface area contributed by atoms with Crippen LogP contribution in [0.3, 0.4) is 0 Å². The maximum atomic E-state index is 12.4. The number of carbonyl (C=O) groups is 1. The number of rotatable bonds is 3. The molecule has 3 N–H and O–H groups in total. The Morgan fingerprint density at radius 3 is 2.43 bits per heavy atom. The van der Waals surface area contributed by atoms with Gasteiger partial charge in [0.05, 0.1) is 5.56 Å². The highest BCUT2D eigenvalue weighted by atomic mass is 127. The Hall–Kier alpha value is -1.67. The van der Waals surface area contributed by atoms with Gasteiger partial charge in [0.2, 0.25) is 0 Å². The molecule has 0 saturated heterocycles. The summed E-state index contributed by atoms with van der Waals surface area (Å²) in [5, 5.41) is 9.83. The molecule has 0 spiro atoms. The minimum absolute atomic E-state index is 0.0352. The predicted octanol–water partition coefficient (Wildman–Crippen LogP) is 2.91. The number of amides is 1. The highest BCUT2D eigenvalue weighted by Gasteiger charge is 2.17. The summed E-state index contributed by atoms with van der Waals surface area (Å²) >= 11 is 6.99. The van der Waals surface area contributed by atoms with E-state index in [1.54, 1.807) is 43.4 Å². The van der Waals surface area contributed by atoms with E-state index in [4.69, 9.17) is 18.0 Å². The van der Waals surface area contributed by atoms with Crippen LogP contribution in [0.25, 0.3) is 0 Å². The smallest absolute Gasteiger partial charge is 0.261 e. The average Bonchev–Trinajstić information content (AvgIpc) is 2.48. The molecule has 0 heterocycles. The van der Waals surface area contributed by atoms with Gasteiger partial charge in [0, 0.05) is 21.9 Å². The summed E-state index contributed by atoms with van der Waals surface area (Å²) in [6.07, 6.45) is 0. The van der Waals surface area contributed by atoms with Crippen molar-refractivity contribution in [3.8, 4) is 5.75 Å². The molecule has 6 heteroatoms. The number of anilines is 1. The molecule has 0 aliphatic carbocycles. The molecule has 0 aromatic heterocycles. The van der Waals surface area contributed by atoms with Gasteiger partial charge in [-0.05, 0) is 65.1 Å². The Morgan fingerprint density at radius 2 is 1.86 bits per heavy atom. The molecule has 2 rings (SSSR count). The molecule has 1 amide bonds. The predicted molar refractivity (Wildman–Crippen MR) is 95.9 cm³/mol. The quantitative estimate of drug-likeness (QED) is 0.601. The molecular weight excluding hydrogens is 399 g/mol. The van der Waals surface area contributed by atoms with Crippen molar-refractivity contribution in [1.29, 1.82) is 0 Å². The van der Waals surface area contributed by atoms with Crippen LogP contribution in [-0.2, 0) is 0 Å². The van der Waals surface area contributed by atoms with Crippen molar-refractivity contribution in [3.63, 3.8) is 0 Å². The van der Waals surface area contributed by atoms with Gasteiger partial charge in [-0.1, -0.05) is 12.2 Å². The van der Waals surface area contributed by atoms with Crippen LogP contribution in [0.5, 0.6) is 5.75 Å². The lowest BCUT2D eigenvalue weighted by Crippen LogP contribution is -2.26. The number of thiocarbonyl (C=S) groups is 1. The zero-order valence-electron chi connectivity index (χ0n) is 11.2. The normalized spacial score (nSPS) is 10.2. The van der Waals surface area contributed by atoms with E-state index in [2.05, 4.69) is 22.6 Å². The van der Waals surface area contributed by atoms with Crippen LogP contribution in [-0.4, -0.2) is 23.0 Å². The highest BCUT2D eigenvalue weighted by Crippen LogP contribution is 2.23. The van der Waals surface area contributed by atoms with E-state index in [0.717, 1.165) is 9.13 Å². The Kier molecular flexibility index (Phi) is 4.79. The maximum absolute atomic E-state index is 12.4. The number of aromatic hydroxyl groups is 1. The van der Waals surface area contributed by atoms with E-state index in [-0.39, 0.29) is 17.2 Å². The van der Waals surface area contributed by atoms with Gasteiger partial charge < -0.3 is 15.7 Å². The second kappa shape index (κ2) is 6.40. The van der Waals surface area contributed by atoms with Crippen LogP contribution in [0.1, 0.15) is 15.9 Å². The molecule has 0 radical (unpaired) electrons. The zero-order chi connectivity index (χ0) is 15.6. The second-order valence-corrected chi connectivity index (χ2v) is 6.12.